The predicted octanol–water partition coefficient (Wildman–Crippen LogP) is 1.33. The first-order valence-corrected chi connectivity index (χ1v) is 6.52. The van der Waals surface area contributed by atoms with Crippen molar-refractivity contribution >= 4 is 11.9 Å². The van der Waals surface area contributed by atoms with Gasteiger partial charge in [-0.3, -0.25) is 0 Å². The first-order valence-electron chi connectivity index (χ1n) is 6.52. The van der Waals surface area contributed by atoms with Crippen LogP contribution < -0.4 is 5.73 Å². The van der Waals surface area contributed by atoms with E-state index < -0.39 is 29.7 Å². The Morgan fingerprint density at radius 3 is 2.24 bits per heavy atom. The van der Waals surface area contributed by atoms with Crippen molar-refractivity contribution in [1.29, 1.82) is 0 Å². The van der Waals surface area contributed by atoms with E-state index in [1.54, 1.807) is 45.0 Å². The first kappa shape index (κ1) is 17.1. The number of hydrogen-bond acceptors (Lipinski definition) is 5. The molecule has 116 valence electrons. The van der Waals surface area contributed by atoms with Crippen LogP contribution in [0.1, 0.15) is 26.3 Å². The third-order valence-electron chi connectivity index (χ3n) is 2.69. The number of carboxylic acid groups (broad SMARTS) is 1. The van der Waals surface area contributed by atoms with Gasteiger partial charge in [-0.15, -0.1) is 0 Å². The molecule has 3 N–H and O–H groups in total. The molecule has 0 aliphatic carbocycles. The molecule has 6 nitrogen and oxygen atoms in total. The second-order valence-electron chi connectivity index (χ2n) is 5.74. The van der Waals surface area contributed by atoms with Crippen molar-refractivity contribution in [3.63, 3.8) is 0 Å². The van der Waals surface area contributed by atoms with Crippen molar-refractivity contribution in [2.45, 2.75) is 38.5 Å². The van der Waals surface area contributed by atoms with Gasteiger partial charge >= 0.3 is 11.9 Å². The maximum atomic E-state index is 12.0. The fourth-order valence-electron chi connectivity index (χ4n) is 1.39. The lowest BCUT2D eigenvalue weighted by molar-refractivity contribution is -0.167. The van der Waals surface area contributed by atoms with Crippen LogP contribution in [0.4, 0.5) is 0 Å². The molecule has 0 radical (unpaired) electrons. The van der Waals surface area contributed by atoms with E-state index >= 15 is 0 Å². The lowest BCUT2D eigenvalue weighted by atomic mass is 10.0. The molecule has 1 aromatic rings. The summed E-state index contributed by atoms with van der Waals surface area (Å²) in [4.78, 5) is 23.3. The van der Waals surface area contributed by atoms with Crippen LogP contribution in [0.5, 0.6) is 0 Å². The van der Waals surface area contributed by atoms with Gasteiger partial charge < -0.3 is 20.3 Å². The van der Waals surface area contributed by atoms with Gasteiger partial charge in [-0.05, 0) is 26.3 Å². The summed E-state index contributed by atoms with van der Waals surface area (Å²) in [6.07, 6.45) is 0. The number of aliphatic carboxylic acids is 1. The molecule has 0 fully saturated rings. The molecule has 0 heterocycles. The predicted molar refractivity (Wildman–Crippen MR) is 76.5 cm³/mol. The highest BCUT2D eigenvalue weighted by Gasteiger charge is 2.45. The normalized spacial score (nSPS) is 14.3. The molecule has 0 aromatic heterocycles. The molecular weight excluding hydrogens is 274 g/mol. The standard InChI is InChI=1S/C15H21NO5/c1-14(2,3)21-10-15(16,12(17)18)13(19)20-9-11-7-5-4-6-8-11/h4-8H,9-10,16H2,1-3H3,(H,17,18)/t15-/m0/s1. The Bertz CT molecular complexity index is 495. The Hall–Kier alpha value is -1.92. The summed E-state index contributed by atoms with van der Waals surface area (Å²) in [7, 11) is 0. The van der Waals surface area contributed by atoms with Gasteiger partial charge in [0.05, 0.1) is 12.2 Å². The molecule has 0 aliphatic heterocycles. The van der Waals surface area contributed by atoms with E-state index in [0.29, 0.717) is 0 Å². The molecule has 0 spiro atoms. The van der Waals surface area contributed by atoms with Gasteiger partial charge in [0.2, 0.25) is 5.54 Å². The van der Waals surface area contributed by atoms with E-state index in [1.165, 1.54) is 0 Å². The summed E-state index contributed by atoms with van der Waals surface area (Å²) in [5.74, 6) is -2.51. The van der Waals surface area contributed by atoms with Gasteiger partial charge in [0, 0.05) is 0 Å². The third kappa shape index (κ3) is 5.17. The quantitative estimate of drug-likeness (QED) is 0.606. The van der Waals surface area contributed by atoms with Gasteiger partial charge in [-0.1, -0.05) is 30.3 Å². The van der Waals surface area contributed by atoms with Crippen LogP contribution in [0.25, 0.3) is 0 Å². The lowest BCUT2D eigenvalue weighted by Gasteiger charge is -2.27. The number of esters is 1. The number of benzene rings is 1. The monoisotopic (exact) mass is 295 g/mol. The average Bonchev–Trinajstić information content (AvgIpc) is 2.42. The summed E-state index contributed by atoms with van der Waals surface area (Å²) in [5, 5.41) is 9.19. The molecule has 1 rings (SSSR count). The molecule has 6 heteroatoms. The average molecular weight is 295 g/mol. The van der Waals surface area contributed by atoms with E-state index in [4.69, 9.17) is 15.2 Å². The Balaban J connectivity index is 2.71. The third-order valence-corrected chi connectivity index (χ3v) is 2.69. The van der Waals surface area contributed by atoms with Crippen LogP contribution in [-0.4, -0.2) is 34.8 Å². The summed E-state index contributed by atoms with van der Waals surface area (Å²) in [6.45, 7) is 4.72. The molecule has 0 saturated heterocycles. The summed E-state index contributed by atoms with van der Waals surface area (Å²) in [6, 6.07) is 8.93. The molecule has 0 unspecified atom stereocenters. The number of ether oxygens (including phenoxy) is 2. The van der Waals surface area contributed by atoms with E-state index in [9.17, 15) is 14.7 Å². The van der Waals surface area contributed by atoms with Gasteiger partial charge in [0.15, 0.2) is 0 Å². The van der Waals surface area contributed by atoms with Crippen molar-refractivity contribution < 1.29 is 24.2 Å². The molecule has 0 saturated carbocycles. The number of nitrogens with two attached hydrogens (primary N) is 1. The number of hydrogen-bond donors (Lipinski definition) is 2. The Morgan fingerprint density at radius 2 is 1.76 bits per heavy atom. The zero-order valence-electron chi connectivity index (χ0n) is 12.5. The number of carbonyl (C=O) groups excluding carboxylic acids is 1. The van der Waals surface area contributed by atoms with Crippen LogP contribution in [0.2, 0.25) is 0 Å². The molecule has 21 heavy (non-hydrogen) atoms. The molecule has 1 aromatic carbocycles. The minimum atomic E-state index is -2.22. The van der Waals surface area contributed by atoms with E-state index in [0.717, 1.165) is 5.56 Å². The highest BCUT2D eigenvalue weighted by Crippen LogP contribution is 2.14. The van der Waals surface area contributed by atoms with Crippen molar-refractivity contribution in [3.05, 3.63) is 35.9 Å². The van der Waals surface area contributed by atoms with E-state index in [2.05, 4.69) is 0 Å². The number of rotatable bonds is 6. The van der Waals surface area contributed by atoms with Gasteiger partial charge in [-0.25, -0.2) is 9.59 Å². The van der Waals surface area contributed by atoms with Crippen LogP contribution in [-0.2, 0) is 25.7 Å². The van der Waals surface area contributed by atoms with Gasteiger partial charge in [-0.2, -0.15) is 0 Å². The Labute approximate surface area is 123 Å². The maximum Gasteiger partial charge on any atom is 0.340 e. The summed E-state index contributed by atoms with van der Waals surface area (Å²) in [5.41, 5.74) is 3.57. The van der Waals surface area contributed by atoms with Gasteiger partial charge in [0.1, 0.15) is 6.61 Å². The van der Waals surface area contributed by atoms with E-state index in [1.807, 2.05) is 6.07 Å². The van der Waals surface area contributed by atoms with Crippen LogP contribution in [0, 0.1) is 0 Å². The topological polar surface area (TPSA) is 98.9 Å². The van der Waals surface area contributed by atoms with Crippen molar-refractivity contribution in [2.24, 2.45) is 5.73 Å². The zero-order valence-corrected chi connectivity index (χ0v) is 12.5. The molecule has 0 aliphatic rings. The van der Waals surface area contributed by atoms with E-state index in [-0.39, 0.29) is 6.61 Å². The highest BCUT2D eigenvalue weighted by atomic mass is 16.5. The highest BCUT2D eigenvalue weighted by molar-refractivity contribution is 6.04. The minimum absolute atomic E-state index is 0.0403. The number of carboxylic acids is 1. The zero-order chi connectivity index (χ0) is 16.1. The minimum Gasteiger partial charge on any atom is -0.479 e. The molecule has 0 bridgehead atoms. The fourth-order valence-corrected chi connectivity index (χ4v) is 1.39. The first-order chi connectivity index (χ1) is 9.65. The SMILES string of the molecule is CC(C)(C)OC[C@](N)(C(=O)O)C(=O)OCc1ccccc1. The Kier molecular flexibility index (Phi) is 5.46. The second kappa shape index (κ2) is 6.69. The molecular formula is C15H21NO5. The smallest absolute Gasteiger partial charge is 0.340 e. The second-order valence-corrected chi connectivity index (χ2v) is 5.74. The van der Waals surface area contributed by atoms with Crippen molar-refractivity contribution in [3.8, 4) is 0 Å². The molecule has 1 atom stereocenters. The largest absolute Gasteiger partial charge is 0.479 e. The van der Waals surface area contributed by atoms with Crippen LogP contribution in [0.3, 0.4) is 0 Å². The van der Waals surface area contributed by atoms with Crippen molar-refractivity contribution in [1.82, 2.24) is 0 Å². The van der Waals surface area contributed by atoms with Crippen LogP contribution in [0.15, 0.2) is 30.3 Å². The molecule has 0 amide bonds. The van der Waals surface area contributed by atoms with Crippen molar-refractivity contribution in [2.75, 3.05) is 6.61 Å². The Morgan fingerprint density at radius 1 is 1.19 bits per heavy atom. The fraction of sp³-hybridized carbons (Fsp3) is 0.467. The summed E-state index contributed by atoms with van der Waals surface area (Å²) >= 11 is 0. The number of carbonyl (C=O) groups is 2. The van der Waals surface area contributed by atoms with Crippen LogP contribution >= 0.6 is 0 Å². The summed E-state index contributed by atoms with van der Waals surface area (Å²) < 4.78 is 10.3. The van der Waals surface area contributed by atoms with Gasteiger partial charge in [0.25, 0.3) is 0 Å². The maximum absolute atomic E-state index is 12.0. The lowest BCUT2D eigenvalue weighted by Crippen LogP contribution is -2.60.